The predicted octanol–water partition coefficient (Wildman–Crippen LogP) is 2.60. The summed E-state index contributed by atoms with van der Waals surface area (Å²) in [6.07, 6.45) is 0.941. The van der Waals surface area contributed by atoms with Crippen LogP contribution in [0.4, 0.5) is 19.1 Å². The number of hydrogen-bond donors (Lipinski definition) is 1. The highest BCUT2D eigenvalue weighted by atomic mass is 19.1. The van der Waals surface area contributed by atoms with Gasteiger partial charge in [0.1, 0.15) is 17.3 Å². The van der Waals surface area contributed by atoms with Crippen LogP contribution in [0.5, 0.6) is 0 Å². The third-order valence-corrected chi connectivity index (χ3v) is 2.10. The first-order chi connectivity index (χ1) is 8.10. The van der Waals surface area contributed by atoms with Crippen molar-refractivity contribution in [1.29, 1.82) is 0 Å². The molecule has 0 aliphatic heterocycles. The van der Waals surface area contributed by atoms with Crippen molar-refractivity contribution in [2.75, 3.05) is 12.4 Å². The first-order valence-electron chi connectivity index (χ1n) is 4.77. The van der Waals surface area contributed by atoms with Gasteiger partial charge in [-0.05, 0) is 12.1 Å². The van der Waals surface area contributed by atoms with Crippen molar-refractivity contribution in [1.82, 2.24) is 9.97 Å². The average molecular weight is 239 g/mol. The largest absolute Gasteiger partial charge is 0.357 e. The van der Waals surface area contributed by atoms with E-state index in [9.17, 15) is 13.2 Å². The maximum atomic E-state index is 13.5. The lowest BCUT2D eigenvalue weighted by atomic mass is 10.1. The highest BCUT2D eigenvalue weighted by Crippen LogP contribution is 2.23. The van der Waals surface area contributed by atoms with E-state index in [1.165, 1.54) is 0 Å². The lowest BCUT2D eigenvalue weighted by Crippen LogP contribution is -2.00. The summed E-state index contributed by atoms with van der Waals surface area (Å²) in [5, 5.41) is 2.62. The molecule has 0 saturated heterocycles. The quantitative estimate of drug-likeness (QED) is 0.875. The van der Waals surface area contributed by atoms with E-state index in [0.717, 1.165) is 18.3 Å². The standard InChI is InChI=1S/C11H8F3N3/c1-15-11-16-5-9(14)10(17-11)6-2-7(12)4-8(13)3-6/h2-5H,1H3,(H,15,16,17). The maximum Gasteiger partial charge on any atom is 0.223 e. The fourth-order valence-electron chi connectivity index (χ4n) is 1.38. The lowest BCUT2D eigenvalue weighted by molar-refractivity contribution is 0.582. The molecule has 0 bridgehead atoms. The van der Waals surface area contributed by atoms with Crippen molar-refractivity contribution in [3.05, 3.63) is 41.8 Å². The average Bonchev–Trinajstić information content (AvgIpc) is 2.28. The van der Waals surface area contributed by atoms with Crippen molar-refractivity contribution >= 4 is 5.95 Å². The zero-order valence-corrected chi connectivity index (χ0v) is 8.84. The Balaban J connectivity index is 2.58. The molecular weight excluding hydrogens is 231 g/mol. The summed E-state index contributed by atoms with van der Waals surface area (Å²) in [6.45, 7) is 0. The first kappa shape index (κ1) is 11.4. The zero-order valence-electron chi connectivity index (χ0n) is 8.84. The van der Waals surface area contributed by atoms with Crippen LogP contribution in [0, 0.1) is 17.5 Å². The minimum atomic E-state index is -0.788. The van der Waals surface area contributed by atoms with E-state index in [1.807, 2.05) is 0 Å². The fraction of sp³-hybridized carbons (Fsp3) is 0.0909. The van der Waals surface area contributed by atoms with Crippen LogP contribution < -0.4 is 5.32 Å². The number of rotatable bonds is 2. The van der Waals surface area contributed by atoms with Gasteiger partial charge < -0.3 is 5.32 Å². The molecule has 0 aliphatic carbocycles. The number of halogens is 3. The normalized spacial score (nSPS) is 10.4. The van der Waals surface area contributed by atoms with Crippen molar-refractivity contribution in [3.8, 4) is 11.3 Å². The Hall–Kier alpha value is -2.11. The van der Waals surface area contributed by atoms with Gasteiger partial charge in [0.05, 0.1) is 6.20 Å². The smallest absolute Gasteiger partial charge is 0.223 e. The van der Waals surface area contributed by atoms with E-state index in [2.05, 4.69) is 15.3 Å². The van der Waals surface area contributed by atoms with Crippen LogP contribution >= 0.6 is 0 Å². The molecular formula is C11H8F3N3. The molecule has 6 heteroatoms. The van der Waals surface area contributed by atoms with Crippen LogP contribution in [0.15, 0.2) is 24.4 Å². The van der Waals surface area contributed by atoms with Crippen LogP contribution in [0.1, 0.15) is 0 Å². The van der Waals surface area contributed by atoms with E-state index >= 15 is 0 Å². The molecule has 2 aromatic rings. The molecule has 0 aliphatic rings. The summed E-state index contributed by atoms with van der Waals surface area (Å²) >= 11 is 0. The van der Waals surface area contributed by atoms with Gasteiger partial charge in [-0.15, -0.1) is 0 Å². The molecule has 3 nitrogen and oxygen atoms in total. The van der Waals surface area contributed by atoms with Gasteiger partial charge in [-0.1, -0.05) is 0 Å². The van der Waals surface area contributed by atoms with Crippen molar-refractivity contribution < 1.29 is 13.2 Å². The number of hydrogen-bond acceptors (Lipinski definition) is 3. The minimum Gasteiger partial charge on any atom is -0.357 e. The molecule has 88 valence electrons. The van der Waals surface area contributed by atoms with E-state index in [0.29, 0.717) is 6.07 Å². The van der Waals surface area contributed by atoms with Gasteiger partial charge >= 0.3 is 0 Å². The van der Waals surface area contributed by atoms with Crippen molar-refractivity contribution in [3.63, 3.8) is 0 Å². The summed E-state index contributed by atoms with van der Waals surface area (Å²) in [4.78, 5) is 7.46. The molecule has 1 N–H and O–H groups in total. The third-order valence-electron chi connectivity index (χ3n) is 2.10. The third kappa shape index (κ3) is 2.35. The highest BCUT2D eigenvalue weighted by Gasteiger charge is 2.11. The molecule has 0 saturated carbocycles. The maximum absolute atomic E-state index is 13.5. The van der Waals surface area contributed by atoms with Crippen LogP contribution in [0.2, 0.25) is 0 Å². The molecule has 1 aromatic heterocycles. The highest BCUT2D eigenvalue weighted by molar-refractivity contribution is 5.60. The van der Waals surface area contributed by atoms with Crippen LogP contribution in [0.25, 0.3) is 11.3 Å². The Bertz CT molecular complexity index is 537. The molecule has 1 heterocycles. The fourth-order valence-corrected chi connectivity index (χ4v) is 1.38. The lowest BCUT2D eigenvalue weighted by Gasteiger charge is -2.05. The van der Waals surface area contributed by atoms with E-state index in [4.69, 9.17) is 0 Å². The summed E-state index contributed by atoms with van der Waals surface area (Å²) in [7, 11) is 1.56. The second-order valence-electron chi connectivity index (χ2n) is 3.30. The van der Waals surface area contributed by atoms with Crippen LogP contribution in [-0.2, 0) is 0 Å². The number of anilines is 1. The number of nitrogens with zero attached hydrogens (tertiary/aromatic N) is 2. The van der Waals surface area contributed by atoms with Gasteiger partial charge in [-0.3, -0.25) is 0 Å². The molecule has 0 amide bonds. The van der Waals surface area contributed by atoms with E-state index < -0.39 is 17.5 Å². The minimum absolute atomic E-state index is 0.0268. The van der Waals surface area contributed by atoms with Gasteiger partial charge in [-0.25, -0.2) is 23.1 Å². The van der Waals surface area contributed by atoms with Gasteiger partial charge in [0.2, 0.25) is 5.95 Å². The van der Waals surface area contributed by atoms with Crippen LogP contribution in [-0.4, -0.2) is 17.0 Å². The van der Waals surface area contributed by atoms with Gasteiger partial charge in [0.25, 0.3) is 0 Å². The second-order valence-corrected chi connectivity index (χ2v) is 3.30. The molecule has 0 fully saturated rings. The topological polar surface area (TPSA) is 37.8 Å². The summed E-state index contributed by atoms with van der Waals surface area (Å²) in [5.41, 5.74) is -0.123. The molecule has 1 aromatic carbocycles. The molecule has 0 radical (unpaired) electrons. The van der Waals surface area contributed by atoms with E-state index in [-0.39, 0.29) is 17.2 Å². The van der Waals surface area contributed by atoms with Crippen molar-refractivity contribution in [2.24, 2.45) is 0 Å². The second kappa shape index (κ2) is 4.40. The first-order valence-corrected chi connectivity index (χ1v) is 4.77. The zero-order chi connectivity index (χ0) is 12.4. The summed E-state index contributed by atoms with van der Waals surface area (Å²) in [5.74, 6) is -2.15. The van der Waals surface area contributed by atoms with Gasteiger partial charge in [-0.2, -0.15) is 0 Å². The summed E-state index contributed by atoms with van der Waals surface area (Å²) in [6, 6.07) is 2.73. The monoisotopic (exact) mass is 239 g/mol. The SMILES string of the molecule is CNc1ncc(F)c(-c2cc(F)cc(F)c2)n1. The Kier molecular flexibility index (Phi) is 2.95. The molecule has 2 rings (SSSR count). The Morgan fingerprint density at radius 3 is 2.29 bits per heavy atom. The Morgan fingerprint density at radius 2 is 1.71 bits per heavy atom. The number of aromatic nitrogens is 2. The molecule has 0 unspecified atom stereocenters. The number of nitrogens with one attached hydrogen (secondary N) is 1. The van der Waals surface area contributed by atoms with Crippen LogP contribution in [0.3, 0.4) is 0 Å². The van der Waals surface area contributed by atoms with Crippen molar-refractivity contribution in [2.45, 2.75) is 0 Å². The Labute approximate surface area is 95.3 Å². The Morgan fingerprint density at radius 1 is 1.06 bits per heavy atom. The molecule has 0 atom stereocenters. The predicted molar refractivity (Wildman–Crippen MR) is 56.9 cm³/mol. The number of benzene rings is 1. The summed E-state index contributed by atoms with van der Waals surface area (Å²) < 4.78 is 39.5. The molecule has 0 spiro atoms. The van der Waals surface area contributed by atoms with Gasteiger partial charge in [0, 0.05) is 18.7 Å². The van der Waals surface area contributed by atoms with E-state index in [1.54, 1.807) is 7.05 Å². The van der Waals surface area contributed by atoms with Gasteiger partial charge in [0.15, 0.2) is 5.82 Å². The molecule has 17 heavy (non-hydrogen) atoms.